The van der Waals surface area contributed by atoms with Crippen molar-refractivity contribution in [3.8, 4) is 0 Å². The van der Waals surface area contributed by atoms with Crippen LogP contribution in [0.1, 0.15) is 213 Å². The summed E-state index contributed by atoms with van der Waals surface area (Å²) in [6.45, 7) is 12.1. The summed E-state index contributed by atoms with van der Waals surface area (Å²) in [5.41, 5.74) is 0.454. The first kappa shape index (κ1) is 90.7. The zero-order valence-corrected chi connectivity index (χ0v) is 58.2. The second-order valence-electron chi connectivity index (χ2n) is 27.9. The summed E-state index contributed by atoms with van der Waals surface area (Å²) in [6.07, 6.45) is -16.7. The number of carbonyl (C=O) groups excluding carboxylic acids is 1. The second kappa shape index (κ2) is 48.5. The summed E-state index contributed by atoms with van der Waals surface area (Å²) in [7, 11) is -4.75. The fourth-order valence-corrected chi connectivity index (χ4v) is 13.2. The minimum absolute atomic E-state index is 0.00416. The second-order valence-corrected chi connectivity index (χ2v) is 28.9. The molecule has 2 saturated heterocycles. The van der Waals surface area contributed by atoms with E-state index in [1.54, 1.807) is 26.8 Å². The molecule has 0 aliphatic carbocycles. The Morgan fingerprint density at radius 3 is 1.67 bits per heavy atom. The lowest BCUT2D eigenvalue weighted by Crippen LogP contribution is -2.59. The van der Waals surface area contributed by atoms with Crippen molar-refractivity contribution in [2.45, 2.75) is 360 Å². The number of rotatable bonds is 55. The highest BCUT2D eigenvalue weighted by atomic mass is 32.3. The van der Waals surface area contributed by atoms with Crippen LogP contribution in [0.15, 0.2) is 48.6 Å². The van der Waals surface area contributed by atoms with Gasteiger partial charge in [-0.2, -0.15) is 8.42 Å². The summed E-state index contributed by atoms with van der Waals surface area (Å²) in [5.74, 6) is -1.41. The van der Waals surface area contributed by atoms with E-state index in [2.05, 4.69) is 13.2 Å². The molecule has 0 bridgehead atoms. The standard InChI is InChI=1S/C69H126O27S/c1-6-7-8-9-10-11-12-13-14-15-16-17-25-52(77)63(86)68-66(89)58(83)39-60(95-68)67(90)62(85)43(4)28-31-51(76)59-38-57(82)65(88)69(94-59)64(87)55(80)33-42(3)27-30-47(73)37-56(81)61(84)44(5)34-54(79)53(78)32-41(2)26-29-46(72)36-49(75)35-45(71)22-20-24-50(96-97(91,92)93)23-19-18-21-48(74)40-70/h6,17,25,33,41,44-48,50-74,76-90H,1,4,7-16,18-24,26-32,34-40H2,2-3,5H3,(H,91,92,93). The Labute approximate surface area is 574 Å². The molecule has 28 heteroatoms. The number of ether oxygens (including phenoxy) is 2. The summed E-state index contributed by atoms with van der Waals surface area (Å²) in [5, 5.41) is 214. The van der Waals surface area contributed by atoms with Gasteiger partial charge in [0.2, 0.25) is 0 Å². The smallest absolute Gasteiger partial charge is 0.394 e. The van der Waals surface area contributed by atoms with Crippen LogP contribution in [0.3, 0.4) is 0 Å². The van der Waals surface area contributed by atoms with E-state index in [-0.39, 0.29) is 114 Å². The van der Waals surface area contributed by atoms with Crippen molar-refractivity contribution in [3.63, 3.8) is 0 Å². The van der Waals surface area contributed by atoms with Gasteiger partial charge in [0.1, 0.15) is 66.8 Å². The van der Waals surface area contributed by atoms with Crippen LogP contribution in [0.25, 0.3) is 0 Å². The van der Waals surface area contributed by atoms with Gasteiger partial charge < -0.3 is 112 Å². The van der Waals surface area contributed by atoms with E-state index in [1.807, 2.05) is 6.08 Å². The number of hydrogen-bond donors (Lipinski definition) is 21. The number of allylic oxidation sites excluding steroid dienone is 3. The lowest BCUT2D eigenvalue weighted by atomic mass is 9.86. The van der Waals surface area contributed by atoms with Gasteiger partial charge in [0.15, 0.2) is 0 Å². The molecule has 21 N–H and O–H groups in total. The van der Waals surface area contributed by atoms with Crippen molar-refractivity contribution in [2.75, 3.05) is 6.61 Å². The predicted molar refractivity (Wildman–Crippen MR) is 359 cm³/mol. The van der Waals surface area contributed by atoms with Crippen LogP contribution < -0.4 is 0 Å². The molecule has 570 valence electrons. The van der Waals surface area contributed by atoms with Crippen LogP contribution in [-0.4, -0.2) is 274 Å². The molecule has 0 amide bonds. The number of ketones is 1. The van der Waals surface area contributed by atoms with E-state index in [0.717, 1.165) is 38.5 Å². The zero-order valence-electron chi connectivity index (χ0n) is 57.4. The third kappa shape index (κ3) is 36.6. The fraction of sp³-hybridized carbons (Fsp3) is 0.870. The number of aliphatic hydroxyl groups is 20. The number of Topliss-reactive ketones (excluding diaryl/α,β-unsaturated/α-hetero) is 1. The largest absolute Gasteiger partial charge is 0.397 e. The monoisotopic (exact) mass is 1420 g/mol. The van der Waals surface area contributed by atoms with Crippen molar-refractivity contribution in [1.29, 1.82) is 0 Å². The topological polar surface area (TPSA) is 504 Å². The molecule has 0 spiro atoms. The summed E-state index contributed by atoms with van der Waals surface area (Å²) < 4.78 is 48.2. The first-order valence-corrected chi connectivity index (χ1v) is 36.6. The fourth-order valence-electron chi connectivity index (χ4n) is 12.6. The quantitative estimate of drug-likeness (QED) is 0.0232. The van der Waals surface area contributed by atoms with Gasteiger partial charge in [-0.25, -0.2) is 4.18 Å². The Balaban J connectivity index is 1.79. The Bertz CT molecular complexity index is 2300. The van der Waals surface area contributed by atoms with Gasteiger partial charge in [0.25, 0.3) is 0 Å². The zero-order chi connectivity index (χ0) is 73.1. The van der Waals surface area contributed by atoms with E-state index in [9.17, 15) is 110 Å². The number of unbranched alkanes of at least 4 members (excludes halogenated alkanes) is 10. The average Bonchev–Trinajstić information content (AvgIpc) is 0.891. The SMILES string of the molecule is C=CCCCCCCCCCCC=CC(O)C(O)C1OC(C(O)C(O)C(=C)CCC(O)C2CC(O)C(O)C(C(O)C(O)C=C(C)CCC(O)CC(O)C(O)C(C)CC(O)C(O)CC(C)CCC(O)CC(=O)CC(O)CCCC(CCCCC(O)CO)OS(=O)(=O)O)O2)CC(O)C1O. The molecule has 27 nitrogen and oxygen atoms in total. The molecule has 2 rings (SSSR count). The van der Waals surface area contributed by atoms with Gasteiger partial charge in [0.05, 0.1) is 92.1 Å². The molecule has 26 unspecified atom stereocenters. The molecule has 97 heavy (non-hydrogen) atoms. The van der Waals surface area contributed by atoms with E-state index < -0.39 is 175 Å². The third-order valence-corrected chi connectivity index (χ3v) is 19.4. The van der Waals surface area contributed by atoms with Crippen molar-refractivity contribution >= 4 is 16.2 Å². The van der Waals surface area contributed by atoms with Gasteiger partial charge in [-0.05, 0) is 133 Å². The average molecular weight is 1420 g/mol. The maximum absolute atomic E-state index is 12.6. The van der Waals surface area contributed by atoms with Crippen molar-refractivity contribution in [1.82, 2.24) is 0 Å². The number of hydrogen-bond acceptors (Lipinski definition) is 26. The molecule has 0 aromatic heterocycles. The van der Waals surface area contributed by atoms with Crippen molar-refractivity contribution < 1.29 is 134 Å². The molecule has 0 aromatic rings. The highest BCUT2D eigenvalue weighted by Crippen LogP contribution is 2.33. The van der Waals surface area contributed by atoms with Crippen molar-refractivity contribution in [3.05, 3.63) is 48.6 Å². The Hall–Kier alpha value is -2.38. The first-order valence-electron chi connectivity index (χ1n) is 35.3. The normalized spacial score (nSPS) is 26.3. The van der Waals surface area contributed by atoms with Crippen LogP contribution in [-0.2, 0) is 28.9 Å². The van der Waals surface area contributed by atoms with Crippen LogP contribution in [0, 0.1) is 11.8 Å². The summed E-state index contributed by atoms with van der Waals surface area (Å²) in [4.78, 5) is 12.6. The lowest BCUT2D eigenvalue weighted by Gasteiger charge is -2.42. The van der Waals surface area contributed by atoms with Gasteiger partial charge in [-0.3, -0.25) is 9.35 Å². The maximum atomic E-state index is 12.6. The van der Waals surface area contributed by atoms with Gasteiger partial charge in [0, 0.05) is 32.1 Å². The van der Waals surface area contributed by atoms with Crippen LogP contribution >= 0.6 is 0 Å². The molecule has 26 atom stereocenters. The minimum atomic E-state index is -4.75. The first-order chi connectivity index (χ1) is 45.6. The molecular weight excluding hydrogens is 1290 g/mol. The molecule has 0 radical (unpaired) electrons. The van der Waals surface area contributed by atoms with E-state index in [4.69, 9.17) is 23.3 Å². The molecule has 0 saturated carbocycles. The minimum Gasteiger partial charge on any atom is -0.394 e. The number of carbonyl (C=O) groups is 1. The Morgan fingerprint density at radius 2 is 1.08 bits per heavy atom. The Morgan fingerprint density at radius 1 is 0.567 bits per heavy atom. The molecule has 2 aliphatic heterocycles. The molecule has 2 heterocycles. The van der Waals surface area contributed by atoms with Crippen molar-refractivity contribution in [2.24, 2.45) is 11.8 Å². The van der Waals surface area contributed by atoms with Gasteiger partial charge in [-0.1, -0.05) is 102 Å². The van der Waals surface area contributed by atoms with Crippen LogP contribution in [0.5, 0.6) is 0 Å². The molecule has 2 fully saturated rings. The van der Waals surface area contributed by atoms with E-state index >= 15 is 0 Å². The predicted octanol–water partition coefficient (Wildman–Crippen LogP) is 1.35. The highest BCUT2D eigenvalue weighted by molar-refractivity contribution is 7.80. The highest BCUT2D eigenvalue weighted by Gasteiger charge is 2.47. The van der Waals surface area contributed by atoms with Crippen LogP contribution in [0.2, 0.25) is 0 Å². The number of aliphatic hydroxyl groups excluding tert-OH is 20. The maximum Gasteiger partial charge on any atom is 0.397 e. The van der Waals surface area contributed by atoms with Crippen LogP contribution in [0.4, 0.5) is 0 Å². The van der Waals surface area contributed by atoms with Gasteiger partial charge >= 0.3 is 10.4 Å². The Kier molecular flexibility index (Phi) is 45.4. The molecule has 0 aromatic carbocycles. The molecule has 2 aliphatic rings. The summed E-state index contributed by atoms with van der Waals surface area (Å²) in [6, 6.07) is 0. The van der Waals surface area contributed by atoms with E-state index in [1.165, 1.54) is 31.4 Å². The lowest BCUT2D eigenvalue weighted by molar-refractivity contribution is -0.234. The van der Waals surface area contributed by atoms with Gasteiger partial charge in [-0.15, -0.1) is 6.58 Å². The third-order valence-electron chi connectivity index (χ3n) is 18.9. The summed E-state index contributed by atoms with van der Waals surface area (Å²) >= 11 is 0. The molecular formula is C69H126O27S. The van der Waals surface area contributed by atoms with E-state index in [0.29, 0.717) is 37.7 Å².